The first-order valence-electron chi connectivity index (χ1n) is 7.58. The zero-order valence-corrected chi connectivity index (χ0v) is 15.1. The van der Waals surface area contributed by atoms with Gasteiger partial charge in [0.25, 0.3) is 0 Å². The molecule has 1 aromatic rings. The van der Waals surface area contributed by atoms with E-state index in [-0.39, 0.29) is 36.1 Å². The van der Waals surface area contributed by atoms with Gasteiger partial charge in [0.2, 0.25) is 5.91 Å². The molecule has 23 heavy (non-hydrogen) atoms. The van der Waals surface area contributed by atoms with Crippen molar-refractivity contribution in [2.75, 3.05) is 13.7 Å². The van der Waals surface area contributed by atoms with Crippen molar-refractivity contribution < 1.29 is 14.3 Å². The summed E-state index contributed by atoms with van der Waals surface area (Å²) in [5.41, 5.74) is 7.07. The second kappa shape index (κ2) is 9.53. The van der Waals surface area contributed by atoms with Crippen LogP contribution in [0.1, 0.15) is 49.5 Å². The number of halogens is 1. The maximum Gasteiger partial charge on any atom is 0.224 e. The summed E-state index contributed by atoms with van der Waals surface area (Å²) in [6.45, 7) is 5.95. The molecule has 6 heteroatoms. The van der Waals surface area contributed by atoms with Gasteiger partial charge in [-0.05, 0) is 38.0 Å². The summed E-state index contributed by atoms with van der Waals surface area (Å²) in [6, 6.07) is 5.11. The number of nitrogens with one attached hydrogen (secondary N) is 1. The highest BCUT2D eigenvalue weighted by molar-refractivity contribution is 5.94. The predicted molar refractivity (Wildman–Crippen MR) is 94.5 cm³/mol. The first-order valence-corrected chi connectivity index (χ1v) is 7.58. The summed E-state index contributed by atoms with van der Waals surface area (Å²) in [7, 11) is 1.54. The Bertz CT molecular complexity index is 543. The van der Waals surface area contributed by atoms with E-state index in [1.165, 1.54) is 6.92 Å². The van der Waals surface area contributed by atoms with E-state index < -0.39 is 0 Å². The van der Waals surface area contributed by atoms with Crippen LogP contribution in [0.5, 0.6) is 5.75 Å². The van der Waals surface area contributed by atoms with Gasteiger partial charge in [-0.3, -0.25) is 9.59 Å². The van der Waals surface area contributed by atoms with E-state index in [0.29, 0.717) is 23.4 Å². The van der Waals surface area contributed by atoms with E-state index in [2.05, 4.69) is 5.32 Å². The number of hydrogen-bond acceptors (Lipinski definition) is 4. The molecular formula is C17H27ClN2O3. The SMILES string of the molecule is CCC(N)(CC)CNC(=O)Cc1cc(C(C)=O)ccc1OC.Cl. The Morgan fingerprint density at radius 1 is 1.26 bits per heavy atom. The first-order chi connectivity index (χ1) is 10.3. The molecule has 130 valence electrons. The molecule has 0 aliphatic heterocycles. The molecule has 1 rings (SSSR count). The molecule has 0 spiro atoms. The van der Waals surface area contributed by atoms with E-state index in [0.717, 1.165) is 12.8 Å². The summed E-state index contributed by atoms with van der Waals surface area (Å²) >= 11 is 0. The van der Waals surface area contributed by atoms with Crippen molar-refractivity contribution in [3.05, 3.63) is 29.3 Å². The Labute approximate surface area is 144 Å². The van der Waals surface area contributed by atoms with Gasteiger partial charge in [0.05, 0.1) is 13.5 Å². The van der Waals surface area contributed by atoms with Crippen molar-refractivity contribution in [1.82, 2.24) is 5.32 Å². The van der Waals surface area contributed by atoms with Crippen LogP contribution in [0.3, 0.4) is 0 Å². The van der Waals surface area contributed by atoms with E-state index in [1.54, 1.807) is 25.3 Å². The summed E-state index contributed by atoms with van der Waals surface area (Å²) in [5.74, 6) is 0.433. The minimum absolute atomic E-state index is 0. The van der Waals surface area contributed by atoms with Crippen LogP contribution < -0.4 is 15.8 Å². The molecule has 0 aliphatic carbocycles. The minimum Gasteiger partial charge on any atom is -0.496 e. The maximum absolute atomic E-state index is 12.1. The van der Waals surface area contributed by atoms with Gasteiger partial charge in [-0.15, -0.1) is 12.4 Å². The lowest BCUT2D eigenvalue weighted by atomic mass is 9.94. The lowest BCUT2D eigenvalue weighted by Gasteiger charge is -2.26. The molecule has 5 nitrogen and oxygen atoms in total. The Hall–Kier alpha value is -1.59. The van der Waals surface area contributed by atoms with Crippen LogP contribution in [-0.2, 0) is 11.2 Å². The van der Waals surface area contributed by atoms with E-state index in [1.807, 2.05) is 13.8 Å². The van der Waals surface area contributed by atoms with Crippen molar-refractivity contribution in [2.45, 2.75) is 45.6 Å². The molecule has 3 N–H and O–H groups in total. The van der Waals surface area contributed by atoms with Crippen LogP contribution in [-0.4, -0.2) is 30.9 Å². The summed E-state index contributed by atoms with van der Waals surface area (Å²) in [6.07, 6.45) is 1.76. The van der Waals surface area contributed by atoms with Gasteiger partial charge in [0.15, 0.2) is 5.78 Å². The largest absolute Gasteiger partial charge is 0.496 e. The quantitative estimate of drug-likeness (QED) is 0.711. The fourth-order valence-corrected chi connectivity index (χ4v) is 2.15. The van der Waals surface area contributed by atoms with Crippen LogP contribution in [0.4, 0.5) is 0 Å². The number of rotatable bonds is 8. The van der Waals surface area contributed by atoms with Gasteiger partial charge < -0.3 is 15.8 Å². The van der Waals surface area contributed by atoms with Gasteiger partial charge in [-0.2, -0.15) is 0 Å². The molecule has 0 aromatic heterocycles. The number of methoxy groups -OCH3 is 1. The lowest BCUT2D eigenvalue weighted by Crippen LogP contribution is -2.49. The third-order valence-corrected chi connectivity index (χ3v) is 4.08. The number of Topliss-reactive ketones (excluding diaryl/α,β-unsaturated/α-hetero) is 1. The predicted octanol–water partition coefficient (Wildman–Crippen LogP) is 2.50. The summed E-state index contributed by atoms with van der Waals surface area (Å²) in [5, 5.41) is 2.87. The number of ketones is 1. The van der Waals surface area contributed by atoms with E-state index >= 15 is 0 Å². The van der Waals surface area contributed by atoms with Crippen molar-refractivity contribution >= 4 is 24.1 Å². The van der Waals surface area contributed by atoms with Crippen molar-refractivity contribution in [3.8, 4) is 5.75 Å². The number of benzene rings is 1. The topological polar surface area (TPSA) is 81.4 Å². The summed E-state index contributed by atoms with van der Waals surface area (Å²) < 4.78 is 5.25. The van der Waals surface area contributed by atoms with Crippen molar-refractivity contribution in [2.24, 2.45) is 5.73 Å². The third kappa shape index (κ3) is 6.20. The van der Waals surface area contributed by atoms with Crippen LogP contribution in [0.2, 0.25) is 0 Å². The average Bonchev–Trinajstić information content (AvgIpc) is 2.52. The standard InChI is InChI=1S/C17H26N2O3.ClH/c1-5-17(18,6-2)11-19-16(21)10-14-9-13(12(3)20)7-8-15(14)22-4;/h7-9H,5-6,10-11,18H2,1-4H3,(H,19,21);1H. The molecule has 0 unspecified atom stereocenters. The molecule has 0 saturated carbocycles. The smallest absolute Gasteiger partial charge is 0.224 e. The zero-order valence-electron chi connectivity index (χ0n) is 14.3. The van der Waals surface area contributed by atoms with Gasteiger partial charge in [0, 0.05) is 23.2 Å². The minimum atomic E-state index is -0.374. The monoisotopic (exact) mass is 342 g/mol. The lowest BCUT2D eigenvalue weighted by molar-refractivity contribution is -0.120. The molecule has 1 amide bonds. The van der Waals surface area contributed by atoms with Gasteiger partial charge >= 0.3 is 0 Å². The number of nitrogens with two attached hydrogens (primary N) is 1. The number of amides is 1. The molecule has 1 aromatic carbocycles. The second-order valence-corrected chi connectivity index (χ2v) is 5.61. The third-order valence-electron chi connectivity index (χ3n) is 4.08. The van der Waals surface area contributed by atoms with E-state index in [4.69, 9.17) is 10.5 Å². The second-order valence-electron chi connectivity index (χ2n) is 5.61. The Kier molecular flexibility index (Phi) is 8.87. The fraction of sp³-hybridized carbons (Fsp3) is 0.529. The number of carbonyl (C=O) groups excluding carboxylic acids is 2. The summed E-state index contributed by atoms with van der Waals surface area (Å²) in [4.78, 5) is 23.6. The molecule has 0 radical (unpaired) electrons. The highest BCUT2D eigenvalue weighted by Gasteiger charge is 2.21. The molecule has 0 atom stereocenters. The average molecular weight is 343 g/mol. The van der Waals surface area contributed by atoms with Gasteiger partial charge in [-0.1, -0.05) is 13.8 Å². The highest BCUT2D eigenvalue weighted by atomic mass is 35.5. The first kappa shape index (κ1) is 21.4. The van der Waals surface area contributed by atoms with Crippen LogP contribution in [0.15, 0.2) is 18.2 Å². The van der Waals surface area contributed by atoms with Gasteiger partial charge in [-0.25, -0.2) is 0 Å². The maximum atomic E-state index is 12.1. The highest BCUT2D eigenvalue weighted by Crippen LogP contribution is 2.21. The number of ether oxygens (including phenoxy) is 1. The fourth-order valence-electron chi connectivity index (χ4n) is 2.15. The number of carbonyl (C=O) groups is 2. The van der Waals surface area contributed by atoms with Crippen molar-refractivity contribution in [1.29, 1.82) is 0 Å². The zero-order chi connectivity index (χ0) is 16.8. The molecule has 0 bridgehead atoms. The van der Waals surface area contributed by atoms with E-state index in [9.17, 15) is 9.59 Å². The molecule has 0 heterocycles. The van der Waals surface area contributed by atoms with Gasteiger partial charge in [0.1, 0.15) is 5.75 Å². The van der Waals surface area contributed by atoms with Crippen LogP contribution in [0, 0.1) is 0 Å². The van der Waals surface area contributed by atoms with Crippen molar-refractivity contribution in [3.63, 3.8) is 0 Å². The van der Waals surface area contributed by atoms with Crippen LogP contribution in [0.25, 0.3) is 0 Å². The Morgan fingerprint density at radius 3 is 2.35 bits per heavy atom. The molecular weight excluding hydrogens is 316 g/mol. The normalized spacial score (nSPS) is 10.7. The Morgan fingerprint density at radius 2 is 1.87 bits per heavy atom. The molecule has 0 fully saturated rings. The Balaban J connectivity index is 0.00000484. The number of hydrogen-bond donors (Lipinski definition) is 2. The van der Waals surface area contributed by atoms with Crippen LogP contribution >= 0.6 is 12.4 Å². The molecule has 0 aliphatic rings. The molecule has 0 saturated heterocycles.